The van der Waals surface area contributed by atoms with E-state index in [1.165, 1.54) is 6.07 Å². The van der Waals surface area contributed by atoms with E-state index in [2.05, 4.69) is 20.3 Å². The molecule has 0 saturated heterocycles. The summed E-state index contributed by atoms with van der Waals surface area (Å²) < 4.78 is 41.3. The van der Waals surface area contributed by atoms with Gasteiger partial charge in [0.25, 0.3) is 0 Å². The fourth-order valence-corrected chi connectivity index (χ4v) is 3.39. The van der Waals surface area contributed by atoms with Crippen LogP contribution in [0.25, 0.3) is 33.2 Å². The van der Waals surface area contributed by atoms with Gasteiger partial charge in [0.05, 0.1) is 23.4 Å². The number of aromatic nitrogens is 5. The molecule has 0 aliphatic heterocycles. The molecule has 1 N–H and O–H groups in total. The Bertz CT molecular complexity index is 1120. The van der Waals surface area contributed by atoms with Gasteiger partial charge in [-0.2, -0.15) is 23.4 Å². The van der Waals surface area contributed by atoms with E-state index in [1.807, 2.05) is 22.9 Å². The number of H-pyrrole nitrogens is 1. The number of benzene rings is 1. The first-order chi connectivity index (χ1) is 12.5. The molecule has 4 aromatic rings. The van der Waals surface area contributed by atoms with Crippen molar-refractivity contribution in [3.05, 3.63) is 42.2 Å². The van der Waals surface area contributed by atoms with Gasteiger partial charge in [0.2, 0.25) is 0 Å². The zero-order chi connectivity index (χ0) is 17.9. The lowest BCUT2D eigenvalue weighted by atomic mass is 9.92. The molecule has 1 fully saturated rings. The van der Waals surface area contributed by atoms with Crippen molar-refractivity contribution in [1.82, 2.24) is 25.0 Å². The second-order valence-electron chi connectivity index (χ2n) is 6.61. The molecule has 132 valence electrons. The molecule has 0 amide bonds. The van der Waals surface area contributed by atoms with Gasteiger partial charge in [0, 0.05) is 10.9 Å². The highest BCUT2D eigenvalue weighted by Gasteiger charge is 2.34. The van der Waals surface area contributed by atoms with Crippen LogP contribution >= 0.6 is 0 Å². The third-order valence-electron chi connectivity index (χ3n) is 4.97. The molecule has 0 radical (unpaired) electrons. The number of hydrogen-bond acceptors (Lipinski definition) is 3. The van der Waals surface area contributed by atoms with E-state index in [1.54, 1.807) is 6.20 Å². The summed E-state index contributed by atoms with van der Waals surface area (Å²) in [6, 6.07) is 8.24. The Labute approximate surface area is 145 Å². The van der Waals surface area contributed by atoms with Crippen LogP contribution in [0.5, 0.6) is 0 Å². The Morgan fingerprint density at radius 2 is 1.96 bits per heavy atom. The molecule has 0 bridgehead atoms. The Morgan fingerprint density at radius 1 is 1.12 bits per heavy atom. The Kier molecular flexibility index (Phi) is 3.13. The van der Waals surface area contributed by atoms with Crippen molar-refractivity contribution in [2.45, 2.75) is 31.5 Å². The molecule has 3 aromatic heterocycles. The van der Waals surface area contributed by atoms with Gasteiger partial charge in [-0.3, -0.25) is 9.78 Å². The predicted octanol–water partition coefficient (Wildman–Crippen LogP) is 4.72. The Morgan fingerprint density at radius 3 is 2.69 bits per heavy atom. The summed E-state index contributed by atoms with van der Waals surface area (Å²) in [5, 5.41) is 12.3. The van der Waals surface area contributed by atoms with Gasteiger partial charge in [-0.25, -0.2) is 4.98 Å². The maximum Gasteiger partial charge on any atom is 0.433 e. The topological polar surface area (TPSA) is 59.4 Å². The molecule has 5 nitrogen and oxygen atoms in total. The normalized spacial score (nSPS) is 15.7. The van der Waals surface area contributed by atoms with Crippen LogP contribution in [0.15, 0.2) is 36.5 Å². The summed E-state index contributed by atoms with van der Waals surface area (Å²) in [4.78, 5) is 3.92. The monoisotopic (exact) mass is 357 g/mol. The van der Waals surface area contributed by atoms with Gasteiger partial charge in [-0.05, 0) is 43.5 Å². The van der Waals surface area contributed by atoms with E-state index in [0.29, 0.717) is 11.2 Å². The highest BCUT2D eigenvalue weighted by Crippen LogP contribution is 2.39. The molecule has 5 rings (SSSR count). The summed E-state index contributed by atoms with van der Waals surface area (Å²) in [5.41, 5.74) is 2.17. The minimum Gasteiger partial charge on any atom is -0.278 e. The van der Waals surface area contributed by atoms with Crippen LogP contribution in [0.3, 0.4) is 0 Å². The van der Waals surface area contributed by atoms with E-state index in [4.69, 9.17) is 0 Å². The number of rotatable bonds is 2. The molecule has 0 atom stereocenters. The minimum absolute atomic E-state index is 0.202. The molecule has 0 spiro atoms. The van der Waals surface area contributed by atoms with Crippen molar-refractivity contribution in [3.8, 4) is 11.3 Å². The number of halogens is 3. The molecule has 8 heteroatoms. The highest BCUT2D eigenvalue weighted by atomic mass is 19.4. The first-order valence-electron chi connectivity index (χ1n) is 8.41. The minimum atomic E-state index is -4.49. The van der Waals surface area contributed by atoms with Gasteiger partial charge >= 0.3 is 6.18 Å². The zero-order valence-electron chi connectivity index (χ0n) is 13.6. The van der Waals surface area contributed by atoms with E-state index in [-0.39, 0.29) is 11.6 Å². The van der Waals surface area contributed by atoms with Crippen LogP contribution in [0.2, 0.25) is 0 Å². The number of aromatic amines is 1. The van der Waals surface area contributed by atoms with Gasteiger partial charge in [-0.1, -0.05) is 6.07 Å². The summed E-state index contributed by atoms with van der Waals surface area (Å²) in [7, 11) is 0. The second-order valence-corrected chi connectivity index (χ2v) is 6.61. The lowest BCUT2D eigenvalue weighted by Gasteiger charge is -2.27. The van der Waals surface area contributed by atoms with E-state index >= 15 is 0 Å². The molecular formula is C18H14F3N5. The summed E-state index contributed by atoms with van der Waals surface area (Å²) in [5.74, 6) is 0. The van der Waals surface area contributed by atoms with Gasteiger partial charge < -0.3 is 0 Å². The molecule has 3 heterocycles. The maximum absolute atomic E-state index is 13.2. The quantitative estimate of drug-likeness (QED) is 0.565. The van der Waals surface area contributed by atoms with E-state index < -0.39 is 11.9 Å². The van der Waals surface area contributed by atoms with Crippen LogP contribution in [-0.2, 0) is 6.18 Å². The number of pyridine rings is 1. The van der Waals surface area contributed by atoms with Crippen LogP contribution in [0.1, 0.15) is 31.0 Å². The van der Waals surface area contributed by atoms with Crippen LogP contribution in [-0.4, -0.2) is 25.0 Å². The number of hydrogen-bond donors (Lipinski definition) is 1. The summed E-state index contributed by atoms with van der Waals surface area (Å²) >= 11 is 0. The van der Waals surface area contributed by atoms with Crippen molar-refractivity contribution in [1.29, 1.82) is 0 Å². The number of fused-ring (bicyclic) bond motifs is 2. The van der Waals surface area contributed by atoms with Crippen molar-refractivity contribution >= 4 is 21.9 Å². The van der Waals surface area contributed by atoms with Crippen LogP contribution < -0.4 is 0 Å². The molecule has 1 aliphatic carbocycles. The average Bonchev–Trinajstić information content (AvgIpc) is 3.14. The number of nitrogens with one attached hydrogen (secondary N) is 1. The molecule has 26 heavy (non-hydrogen) atoms. The molecule has 0 unspecified atom stereocenters. The van der Waals surface area contributed by atoms with E-state index in [9.17, 15) is 13.2 Å². The number of alkyl halides is 3. The Balaban J connectivity index is 1.79. The van der Waals surface area contributed by atoms with E-state index in [0.717, 1.165) is 41.8 Å². The smallest absolute Gasteiger partial charge is 0.278 e. The Hall–Kier alpha value is -2.90. The van der Waals surface area contributed by atoms with Gasteiger partial charge in [-0.15, -0.1) is 0 Å². The molecule has 1 aromatic carbocycles. The average molecular weight is 357 g/mol. The SMILES string of the molecule is FC(F)(F)c1ccc2nn(C3CCC3)c(-c3ccc4[nH]ncc4c3)c2n1. The van der Waals surface area contributed by atoms with Crippen LogP contribution in [0, 0.1) is 0 Å². The van der Waals surface area contributed by atoms with Crippen molar-refractivity contribution < 1.29 is 13.2 Å². The first-order valence-corrected chi connectivity index (χ1v) is 8.41. The first kappa shape index (κ1) is 15.4. The third-order valence-corrected chi connectivity index (χ3v) is 4.97. The molecular weight excluding hydrogens is 343 g/mol. The standard InChI is InChI=1S/C18H14F3N5/c19-18(20,21)15-7-6-14-16(23-15)17(26(25-14)12-2-1-3-12)10-4-5-13-11(8-10)9-22-24-13/h4-9,12H,1-3H2,(H,22,24). The molecule has 1 saturated carbocycles. The van der Waals surface area contributed by atoms with Crippen molar-refractivity contribution in [3.63, 3.8) is 0 Å². The highest BCUT2D eigenvalue weighted by molar-refractivity contribution is 5.93. The predicted molar refractivity (Wildman–Crippen MR) is 90.5 cm³/mol. The van der Waals surface area contributed by atoms with Gasteiger partial charge in [0.15, 0.2) is 0 Å². The fraction of sp³-hybridized carbons (Fsp3) is 0.278. The number of nitrogens with zero attached hydrogens (tertiary/aromatic N) is 4. The summed E-state index contributed by atoms with van der Waals surface area (Å²) in [6.45, 7) is 0. The second kappa shape index (κ2) is 5.30. The third kappa shape index (κ3) is 2.28. The zero-order valence-corrected chi connectivity index (χ0v) is 13.6. The lowest BCUT2D eigenvalue weighted by Crippen LogP contribution is -2.19. The largest absolute Gasteiger partial charge is 0.433 e. The van der Waals surface area contributed by atoms with Crippen LogP contribution in [0.4, 0.5) is 13.2 Å². The lowest BCUT2D eigenvalue weighted by molar-refractivity contribution is -0.140. The van der Waals surface area contributed by atoms with Crippen molar-refractivity contribution in [2.75, 3.05) is 0 Å². The summed E-state index contributed by atoms with van der Waals surface area (Å²) in [6.07, 6.45) is 0.253. The maximum atomic E-state index is 13.2. The molecule has 1 aliphatic rings. The van der Waals surface area contributed by atoms with Crippen molar-refractivity contribution in [2.24, 2.45) is 0 Å². The van der Waals surface area contributed by atoms with Gasteiger partial charge in [0.1, 0.15) is 16.7 Å². The fourth-order valence-electron chi connectivity index (χ4n) is 3.39.